The smallest absolute Gasteiger partial charge is 0.324 e. The van der Waals surface area contributed by atoms with Crippen molar-refractivity contribution in [2.75, 3.05) is 20.1 Å². The molecule has 2 aliphatic rings. The van der Waals surface area contributed by atoms with E-state index in [1.54, 1.807) is 13.8 Å². The summed E-state index contributed by atoms with van der Waals surface area (Å²) >= 11 is 0. The minimum Gasteiger partial charge on any atom is -0.324 e. The van der Waals surface area contributed by atoms with Crippen LogP contribution in [-0.4, -0.2) is 53.5 Å². The molecule has 3 amide bonds. The molecular formula is C15H27N3O2. The molecule has 0 bridgehead atoms. The number of carbonyl (C=O) groups is 2. The van der Waals surface area contributed by atoms with Gasteiger partial charge < -0.3 is 10.2 Å². The zero-order valence-electron chi connectivity index (χ0n) is 13.1. The SMILES string of the molecule is CC1CCC(N(C)CCN2C(=O)NC(C)(C)C2=O)CC1. The van der Waals surface area contributed by atoms with Crippen LogP contribution in [0.5, 0.6) is 0 Å². The average Bonchev–Trinajstić information content (AvgIpc) is 2.57. The molecule has 2 fully saturated rings. The Bertz CT molecular complexity index is 387. The summed E-state index contributed by atoms with van der Waals surface area (Å²) in [5, 5.41) is 2.72. The largest absolute Gasteiger partial charge is 0.325 e. The first-order valence-electron chi connectivity index (χ1n) is 7.65. The summed E-state index contributed by atoms with van der Waals surface area (Å²) in [6.45, 7) is 7.05. The van der Waals surface area contributed by atoms with Crippen molar-refractivity contribution in [3.8, 4) is 0 Å². The van der Waals surface area contributed by atoms with Crippen LogP contribution < -0.4 is 5.32 Å². The lowest BCUT2D eigenvalue weighted by Gasteiger charge is -2.34. The first-order chi connectivity index (χ1) is 9.31. The summed E-state index contributed by atoms with van der Waals surface area (Å²) < 4.78 is 0. The second kappa shape index (κ2) is 5.72. The minimum atomic E-state index is -0.754. The van der Waals surface area contributed by atoms with Gasteiger partial charge in [0.2, 0.25) is 0 Å². The van der Waals surface area contributed by atoms with Gasteiger partial charge in [-0.2, -0.15) is 0 Å². The van der Waals surface area contributed by atoms with E-state index >= 15 is 0 Å². The van der Waals surface area contributed by atoms with Crippen molar-refractivity contribution in [2.24, 2.45) is 5.92 Å². The van der Waals surface area contributed by atoms with Crippen LogP contribution in [0.2, 0.25) is 0 Å². The summed E-state index contributed by atoms with van der Waals surface area (Å²) in [6, 6.07) is 0.339. The van der Waals surface area contributed by atoms with Crippen LogP contribution in [0.25, 0.3) is 0 Å². The molecule has 0 atom stereocenters. The van der Waals surface area contributed by atoms with E-state index in [2.05, 4.69) is 24.2 Å². The molecule has 0 aromatic carbocycles. The predicted octanol–water partition coefficient (Wildman–Crippen LogP) is 1.83. The van der Waals surface area contributed by atoms with Gasteiger partial charge in [-0.25, -0.2) is 4.79 Å². The lowest BCUT2D eigenvalue weighted by Crippen LogP contribution is -2.43. The van der Waals surface area contributed by atoms with E-state index in [1.165, 1.54) is 30.6 Å². The molecule has 0 unspecified atom stereocenters. The first-order valence-corrected chi connectivity index (χ1v) is 7.65. The second-order valence-corrected chi connectivity index (χ2v) is 6.91. The minimum absolute atomic E-state index is 0.117. The Morgan fingerprint density at radius 3 is 2.35 bits per heavy atom. The molecule has 1 aliphatic heterocycles. The molecule has 1 aliphatic carbocycles. The van der Waals surface area contributed by atoms with Gasteiger partial charge in [0.05, 0.1) is 0 Å². The number of nitrogens with one attached hydrogen (secondary N) is 1. The van der Waals surface area contributed by atoms with Crippen LogP contribution in [0.4, 0.5) is 4.79 Å². The molecule has 1 saturated carbocycles. The molecule has 0 aromatic rings. The van der Waals surface area contributed by atoms with Crippen LogP contribution >= 0.6 is 0 Å². The van der Waals surface area contributed by atoms with Crippen molar-refractivity contribution in [1.29, 1.82) is 0 Å². The standard InChI is InChI=1S/C15H27N3O2/c1-11-5-7-12(8-6-11)17(4)9-10-18-13(19)15(2,3)16-14(18)20/h11-12H,5-10H2,1-4H3,(H,16,20). The fourth-order valence-corrected chi connectivity index (χ4v) is 3.14. The van der Waals surface area contributed by atoms with Crippen LogP contribution in [0.15, 0.2) is 0 Å². The van der Waals surface area contributed by atoms with Crippen molar-refractivity contribution in [2.45, 2.75) is 58.0 Å². The van der Waals surface area contributed by atoms with Crippen LogP contribution in [-0.2, 0) is 4.79 Å². The maximum atomic E-state index is 12.1. The van der Waals surface area contributed by atoms with Crippen molar-refractivity contribution in [3.63, 3.8) is 0 Å². The number of nitrogens with zero attached hydrogens (tertiary/aromatic N) is 2. The summed E-state index contributed by atoms with van der Waals surface area (Å²) in [5.74, 6) is 0.722. The van der Waals surface area contributed by atoms with Crippen molar-refractivity contribution in [3.05, 3.63) is 0 Å². The van der Waals surface area contributed by atoms with E-state index in [4.69, 9.17) is 0 Å². The third-order valence-corrected chi connectivity index (χ3v) is 4.73. The van der Waals surface area contributed by atoms with Crippen LogP contribution in [0, 0.1) is 5.92 Å². The Hall–Kier alpha value is -1.10. The zero-order valence-corrected chi connectivity index (χ0v) is 13.1. The van der Waals surface area contributed by atoms with E-state index in [9.17, 15) is 9.59 Å². The van der Waals surface area contributed by atoms with Gasteiger partial charge in [-0.1, -0.05) is 6.92 Å². The fraction of sp³-hybridized carbons (Fsp3) is 0.867. The number of carbonyl (C=O) groups excluding carboxylic acids is 2. The summed E-state index contributed by atoms with van der Waals surface area (Å²) in [4.78, 5) is 27.6. The van der Waals surface area contributed by atoms with E-state index in [0.29, 0.717) is 12.6 Å². The molecule has 2 rings (SSSR count). The van der Waals surface area contributed by atoms with E-state index < -0.39 is 5.54 Å². The van der Waals surface area contributed by atoms with Gasteiger partial charge in [0, 0.05) is 19.1 Å². The second-order valence-electron chi connectivity index (χ2n) is 6.91. The summed E-state index contributed by atoms with van der Waals surface area (Å²) in [5.41, 5.74) is -0.754. The van der Waals surface area contributed by atoms with Gasteiger partial charge in [0.25, 0.3) is 5.91 Å². The van der Waals surface area contributed by atoms with Crippen LogP contribution in [0.3, 0.4) is 0 Å². The number of amides is 3. The monoisotopic (exact) mass is 281 g/mol. The van der Waals surface area contributed by atoms with Crippen molar-refractivity contribution < 1.29 is 9.59 Å². The molecule has 1 heterocycles. The molecule has 114 valence electrons. The number of imide groups is 1. The van der Waals surface area contributed by atoms with Gasteiger partial charge in [0.15, 0.2) is 0 Å². The van der Waals surface area contributed by atoms with Gasteiger partial charge in [-0.15, -0.1) is 0 Å². The van der Waals surface area contributed by atoms with E-state index in [0.717, 1.165) is 12.5 Å². The summed E-state index contributed by atoms with van der Waals surface area (Å²) in [6.07, 6.45) is 5.02. The Morgan fingerprint density at radius 1 is 1.25 bits per heavy atom. The highest BCUT2D eigenvalue weighted by atomic mass is 16.2. The molecule has 5 heteroatoms. The molecule has 0 aromatic heterocycles. The highest BCUT2D eigenvalue weighted by Gasteiger charge is 2.44. The van der Waals surface area contributed by atoms with Gasteiger partial charge in [0.1, 0.15) is 5.54 Å². The first kappa shape index (κ1) is 15.3. The number of hydrogen-bond acceptors (Lipinski definition) is 3. The number of hydrogen-bond donors (Lipinski definition) is 1. The molecule has 1 N–H and O–H groups in total. The number of rotatable bonds is 4. The van der Waals surface area contributed by atoms with E-state index in [-0.39, 0.29) is 11.9 Å². The molecule has 0 spiro atoms. The lowest BCUT2D eigenvalue weighted by atomic mass is 9.87. The van der Waals surface area contributed by atoms with Gasteiger partial charge >= 0.3 is 6.03 Å². The average molecular weight is 281 g/mol. The maximum absolute atomic E-state index is 12.1. The quantitative estimate of drug-likeness (QED) is 0.800. The maximum Gasteiger partial charge on any atom is 0.325 e. The van der Waals surface area contributed by atoms with Gasteiger partial charge in [-0.3, -0.25) is 9.69 Å². The topological polar surface area (TPSA) is 52.6 Å². The highest BCUT2D eigenvalue weighted by Crippen LogP contribution is 2.26. The van der Waals surface area contributed by atoms with Crippen molar-refractivity contribution >= 4 is 11.9 Å². The predicted molar refractivity (Wildman–Crippen MR) is 78.4 cm³/mol. The molecule has 0 radical (unpaired) electrons. The number of likely N-dealkylation sites (N-methyl/N-ethyl adjacent to an activating group) is 1. The van der Waals surface area contributed by atoms with Gasteiger partial charge in [-0.05, 0) is 52.5 Å². The molecule has 20 heavy (non-hydrogen) atoms. The fourth-order valence-electron chi connectivity index (χ4n) is 3.14. The normalized spacial score (nSPS) is 29.9. The lowest BCUT2D eigenvalue weighted by molar-refractivity contribution is -0.130. The Kier molecular flexibility index (Phi) is 4.37. The third kappa shape index (κ3) is 3.14. The Morgan fingerprint density at radius 2 is 1.85 bits per heavy atom. The molecule has 5 nitrogen and oxygen atoms in total. The Labute approximate surface area is 121 Å². The molecular weight excluding hydrogens is 254 g/mol. The van der Waals surface area contributed by atoms with E-state index in [1.807, 2.05) is 0 Å². The molecule has 1 saturated heterocycles. The zero-order chi connectivity index (χ0) is 14.9. The Balaban J connectivity index is 1.83. The number of urea groups is 1. The van der Waals surface area contributed by atoms with Crippen molar-refractivity contribution in [1.82, 2.24) is 15.1 Å². The van der Waals surface area contributed by atoms with Crippen LogP contribution in [0.1, 0.15) is 46.5 Å². The highest BCUT2D eigenvalue weighted by molar-refractivity contribution is 6.06. The third-order valence-electron chi connectivity index (χ3n) is 4.73. The summed E-state index contributed by atoms with van der Waals surface area (Å²) in [7, 11) is 2.10.